The second-order valence-corrected chi connectivity index (χ2v) is 5.04. The summed E-state index contributed by atoms with van der Waals surface area (Å²) in [6.07, 6.45) is -1.01. The molecule has 1 rings (SSSR count). The van der Waals surface area contributed by atoms with Crippen molar-refractivity contribution in [2.45, 2.75) is 45.4 Å². The van der Waals surface area contributed by atoms with Gasteiger partial charge in [-0.1, -0.05) is 0 Å². The minimum absolute atomic E-state index is 0.245. The van der Waals surface area contributed by atoms with Gasteiger partial charge in [-0.05, 0) is 27.7 Å². The molecule has 2 atom stereocenters. The van der Waals surface area contributed by atoms with Crippen molar-refractivity contribution < 1.29 is 23.9 Å². The third-order valence-electron chi connectivity index (χ3n) is 2.13. The van der Waals surface area contributed by atoms with E-state index in [9.17, 15) is 14.4 Å². The number of rotatable bonds is 3. The van der Waals surface area contributed by atoms with Crippen LogP contribution in [0.5, 0.6) is 0 Å². The number of amides is 2. The van der Waals surface area contributed by atoms with Crippen LogP contribution in [-0.4, -0.2) is 42.3 Å². The normalized spacial score (nSPS) is 22.6. The molecular formula is C11H18N2O5. The largest absolute Gasteiger partial charge is 0.458 e. The molecule has 1 fully saturated rings. The van der Waals surface area contributed by atoms with Gasteiger partial charge in [0.2, 0.25) is 5.91 Å². The van der Waals surface area contributed by atoms with E-state index in [1.54, 1.807) is 27.7 Å². The molecule has 102 valence electrons. The number of ether oxygens (including phenoxy) is 2. The zero-order valence-electron chi connectivity index (χ0n) is 10.9. The molecule has 0 aromatic heterocycles. The van der Waals surface area contributed by atoms with Crippen LogP contribution in [0.4, 0.5) is 4.79 Å². The number of alkyl carbamates (subject to hydrolysis) is 1. The lowest BCUT2D eigenvalue weighted by molar-refractivity contribution is -0.175. The number of nitrogens with one attached hydrogen (secondary N) is 2. The van der Waals surface area contributed by atoms with Gasteiger partial charge in [-0.3, -0.25) is 4.79 Å². The summed E-state index contributed by atoms with van der Waals surface area (Å²) in [4.78, 5) is 33.6. The smallest absolute Gasteiger partial charge is 0.408 e. The number of esters is 1. The Hall–Kier alpha value is -1.79. The number of carbonyl (C=O) groups is 3. The van der Waals surface area contributed by atoms with Gasteiger partial charge in [0.1, 0.15) is 18.2 Å². The number of hydrogen-bond donors (Lipinski definition) is 2. The highest BCUT2D eigenvalue weighted by Crippen LogP contribution is 2.13. The summed E-state index contributed by atoms with van der Waals surface area (Å²) in [7, 11) is 0. The van der Waals surface area contributed by atoms with Gasteiger partial charge in [0.25, 0.3) is 0 Å². The Kier molecular flexibility index (Phi) is 4.15. The van der Waals surface area contributed by atoms with E-state index in [1.165, 1.54) is 0 Å². The van der Waals surface area contributed by atoms with Gasteiger partial charge in [0, 0.05) is 0 Å². The van der Waals surface area contributed by atoms with Crippen molar-refractivity contribution >= 4 is 18.0 Å². The van der Waals surface area contributed by atoms with E-state index in [4.69, 9.17) is 4.74 Å². The molecule has 1 saturated heterocycles. The van der Waals surface area contributed by atoms with Gasteiger partial charge in [0.15, 0.2) is 6.04 Å². The van der Waals surface area contributed by atoms with Crippen LogP contribution in [-0.2, 0) is 19.1 Å². The van der Waals surface area contributed by atoms with Gasteiger partial charge in [-0.2, -0.15) is 0 Å². The predicted molar refractivity (Wildman–Crippen MR) is 61.7 cm³/mol. The molecule has 0 aromatic carbocycles. The minimum Gasteiger partial charge on any atom is -0.458 e. The molecule has 0 aliphatic carbocycles. The quantitative estimate of drug-likeness (QED) is 0.692. The first kappa shape index (κ1) is 14.3. The van der Waals surface area contributed by atoms with E-state index in [2.05, 4.69) is 15.4 Å². The highest BCUT2D eigenvalue weighted by Gasteiger charge is 2.40. The summed E-state index contributed by atoms with van der Waals surface area (Å²) in [5, 5.41) is 4.75. The Morgan fingerprint density at radius 3 is 2.44 bits per heavy atom. The first-order chi connectivity index (χ1) is 8.19. The summed E-state index contributed by atoms with van der Waals surface area (Å²) < 4.78 is 9.63. The van der Waals surface area contributed by atoms with E-state index >= 15 is 0 Å². The van der Waals surface area contributed by atoms with E-state index in [0.29, 0.717) is 0 Å². The molecule has 0 unspecified atom stereocenters. The minimum atomic E-state index is -0.679. The molecule has 1 heterocycles. The number of carbonyl (C=O) groups excluding carboxylic acids is 3. The van der Waals surface area contributed by atoms with E-state index in [0.717, 1.165) is 0 Å². The fourth-order valence-electron chi connectivity index (χ4n) is 1.31. The lowest BCUT2D eigenvalue weighted by Crippen LogP contribution is -2.59. The molecule has 7 nitrogen and oxygen atoms in total. The van der Waals surface area contributed by atoms with Crippen LogP contribution in [0, 0.1) is 0 Å². The monoisotopic (exact) mass is 258 g/mol. The molecule has 1 aliphatic rings. The average Bonchev–Trinajstić information content (AvgIpc) is 2.21. The molecule has 2 N–H and O–H groups in total. The Morgan fingerprint density at radius 2 is 2.00 bits per heavy atom. The molecule has 0 radical (unpaired) electrons. The molecule has 0 spiro atoms. The highest BCUT2D eigenvalue weighted by molar-refractivity contribution is 5.90. The zero-order chi connectivity index (χ0) is 13.9. The van der Waals surface area contributed by atoms with Gasteiger partial charge >= 0.3 is 12.1 Å². The predicted octanol–water partition coefficient (Wildman–Crippen LogP) is -0.0588. The summed E-state index contributed by atoms with van der Waals surface area (Å²) in [5.41, 5.74) is -0.618. The maximum absolute atomic E-state index is 11.4. The zero-order valence-corrected chi connectivity index (χ0v) is 10.9. The average molecular weight is 258 g/mol. The molecular weight excluding hydrogens is 240 g/mol. The maximum Gasteiger partial charge on any atom is 0.408 e. The number of cyclic esters (lactones) is 1. The first-order valence-corrected chi connectivity index (χ1v) is 5.66. The third kappa shape index (κ3) is 4.23. The van der Waals surface area contributed by atoms with E-state index in [-0.39, 0.29) is 12.6 Å². The van der Waals surface area contributed by atoms with Crippen LogP contribution in [0.25, 0.3) is 0 Å². The Morgan fingerprint density at radius 1 is 1.39 bits per heavy atom. The van der Waals surface area contributed by atoms with Crippen LogP contribution >= 0.6 is 0 Å². The molecule has 7 heteroatoms. The van der Waals surface area contributed by atoms with Crippen LogP contribution in [0.15, 0.2) is 0 Å². The van der Waals surface area contributed by atoms with Crippen molar-refractivity contribution in [1.29, 1.82) is 0 Å². The third-order valence-corrected chi connectivity index (χ3v) is 2.13. The molecule has 0 bridgehead atoms. The maximum atomic E-state index is 11.4. The second-order valence-electron chi connectivity index (χ2n) is 5.04. The van der Waals surface area contributed by atoms with Crippen LogP contribution in [0.1, 0.15) is 27.7 Å². The van der Waals surface area contributed by atoms with E-state index < -0.39 is 29.6 Å². The van der Waals surface area contributed by atoms with Crippen LogP contribution in [0.3, 0.4) is 0 Å². The molecule has 1 aliphatic heterocycles. The van der Waals surface area contributed by atoms with Crippen molar-refractivity contribution in [3.8, 4) is 0 Å². The fraction of sp³-hybridized carbons (Fsp3) is 0.727. The Bertz CT molecular complexity index is 361. The standard InChI is InChI=1S/C11H18N2O5/c1-6-8(9(15)17-6)13-7(14)5-12-10(16)18-11(2,3)4/h6,8H,5H2,1-4H3,(H,12,16)(H,13,14)/t6-,8+/m1/s1. The van der Waals surface area contributed by atoms with Crippen LogP contribution in [0.2, 0.25) is 0 Å². The van der Waals surface area contributed by atoms with Gasteiger partial charge in [-0.15, -0.1) is 0 Å². The number of hydrogen-bond acceptors (Lipinski definition) is 5. The first-order valence-electron chi connectivity index (χ1n) is 5.66. The summed E-state index contributed by atoms with van der Waals surface area (Å²) in [6, 6.07) is -0.627. The Balaban J connectivity index is 2.25. The topological polar surface area (TPSA) is 93.7 Å². The summed E-state index contributed by atoms with van der Waals surface area (Å²) in [6.45, 7) is 6.59. The Labute approximate surface area is 105 Å². The molecule has 0 aromatic rings. The van der Waals surface area contributed by atoms with Crippen molar-refractivity contribution in [3.05, 3.63) is 0 Å². The van der Waals surface area contributed by atoms with Crippen molar-refractivity contribution in [3.63, 3.8) is 0 Å². The highest BCUT2D eigenvalue weighted by atomic mass is 16.6. The summed E-state index contributed by atoms with van der Waals surface area (Å²) in [5.74, 6) is -0.928. The second kappa shape index (κ2) is 5.24. The van der Waals surface area contributed by atoms with Crippen molar-refractivity contribution in [1.82, 2.24) is 10.6 Å². The molecule has 2 amide bonds. The SMILES string of the molecule is C[C@H]1OC(=O)[C@H]1NC(=O)CNC(=O)OC(C)(C)C. The van der Waals surface area contributed by atoms with Crippen molar-refractivity contribution in [2.24, 2.45) is 0 Å². The fourth-order valence-corrected chi connectivity index (χ4v) is 1.31. The van der Waals surface area contributed by atoms with Crippen LogP contribution < -0.4 is 10.6 Å². The van der Waals surface area contributed by atoms with Gasteiger partial charge in [0.05, 0.1) is 0 Å². The van der Waals surface area contributed by atoms with Gasteiger partial charge in [-0.25, -0.2) is 9.59 Å². The molecule has 0 saturated carbocycles. The van der Waals surface area contributed by atoms with Gasteiger partial charge < -0.3 is 20.1 Å². The molecule has 18 heavy (non-hydrogen) atoms. The summed E-state index contributed by atoms with van der Waals surface area (Å²) >= 11 is 0. The van der Waals surface area contributed by atoms with Crippen molar-refractivity contribution in [2.75, 3.05) is 6.54 Å². The lowest BCUT2D eigenvalue weighted by Gasteiger charge is -2.32. The lowest BCUT2D eigenvalue weighted by atomic mass is 10.1. The van der Waals surface area contributed by atoms with E-state index in [1.807, 2.05) is 0 Å².